The zero-order chi connectivity index (χ0) is 23.3. The number of thioether (sulfide) groups is 1. The molecule has 2 heterocycles. The average Bonchev–Trinajstić information content (AvgIpc) is 3.35. The van der Waals surface area contributed by atoms with Crippen LogP contribution in [0.3, 0.4) is 0 Å². The van der Waals surface area contributed by atoms with E-state index in [1.54, 1.807) is 16.2 Å². The number of fused-ring (bicyclic) bond motifs is 1. The van der Waals surface area contributed by atoms with E-state index in [0.29, 0.717) is 24.6 Å². The van der Waals surface area contributed by atoms with Gasteiger partial charge in [-0.3, -0.25) is 9.59 Å². The lowest BCUT2D eigenvalue weighted by atomic mass is 10.2. The van der Waals surface area contributed by atoms with Gasteiger partial charge in [0, 0.05) is 22.4 Å². The van der Waals surface area contributed by atoms with Gasteiger partial charge >= 0.3 is 0 Å². The largest absolute Gasteiger partial charge is 0.454 e. The van der Waals surface area contributed by atoms with E-state index in [1.165, 1.54) is 11.8 Å². The lowest BCUT2D eigenvalue weighted by molar-refractivity contribution is -0.140. The molecule has 1 saturated carbocycles. The van der Waals surface area contributed by atoms with Gasteiger partial charge < -0.3 is 19.3 Å². The van der Waals surface area contributed by atoms with Crippen LogP contribution in [-0.2, 0) is 22.7 Å². The van der Waals surface area contributed by atoms with Crippen molar-refractivity contribution in [1.82, 2.24) is 9.80 Å². The minimum atomic E-state index is -0.0453. The van der Waals surface area contributed by atoms with Gasteiger partial charge in [0.2, 0.25) is 18.6 Å². The molecule has 0 radical (unpaired) electrons. The van der Waals surface area contributed by atoms with E-state index in [1.807, 2.05) is 70.9 Å². The summed E-state index contributed by atoms with van der Waals surface area (Å²) in [6.07, 6.45) is 1.92. The summed E-state index contributed by atoms with van der Waals surface area (Å²) in [7, 11) is 0. The molecule has 34 heavy (non-hydrogen) atoms. The molecule has 1 fully saturated rings. The van der Waals surface area contributed by atoms with Crippen LogP contribution in [0.1, 0.15) is 23.3 Å². The predicted molar refractivity (Wildman–Crippen MR) is 133 cm³/mol. The Morgan fingerprint density at radius 2 is 1.76 bits per heavy atom. The smallest absolute Gasteiger partial charge is 0.242 e. The van der Waals surface area contributed by atoms with Crippen molar-refractivity contribution in [1.29, 1.82) is 0 Å². The van der Waals surface area contributed by atoms with Crippen molar-refractivity contribution in [2.75, 3.05) is 19.1 Å². The fourth-order valence-electron chi connectivity index (χ4n) is 3.88. The van der Waals surface area contributed by atoms with Crippen molar-refractivity contribution in [3.8, 4) is 11.5 Å². The minimum absolute atomic E-state index is 0.0175. The van der Waals surface area contributed by atoms with Gasteiger partial charge in [-0.1, -0.05) is 30.3 Å². The molecule has 2 amide bonds. The van der Waals surface area contributed by atoms with E-state index in [9.17, 15) is 9.59 Å². The normalized spacial score (nSPS) is 14.1. The van der Waals surface area contributed by atoms with Crippen molar-refractivity contribution >= 4 is 34.9 Å². The second-order valence-corrected chi connectivity index (χ2v) is 10.5. The highest BCUT2D eigenvalue weighted by molar-refractivity contribution is 8.00. The molecular formula is C26H26N2O4S2. The number of ether oxygens (including phenoxy) is 2. The number of hydrogen-bond donors (Lipinski definition) is 0. The molecule has 0 saturated heterocycles. The van der Waals surface area contributed by atoms with Crippen molar-refractivity contribution in [3.63, 3.8) is 0 Å². The van der Waals surface area contributed by atoms with Crippen LogP contribution in [-0.4, -0.2) is 46.7 Å². The third-order valence-corrected chi connectivity index (χ3v) is 7.67. The van der Waals surface area contributed by atoms with Gasteiger partial charge in [0.15, 0.2) is 11.5 Å². The zero-order valence-electron chi connectivity index (χ0n) is 18.7. The number of carbonyl (C=O) groups is 2. The summed E-state index contributed by atoms with van der Waals surface area (Å²) in [6, 6.07) is 19.9. The first kappa shape index (κ1) is 22.8. The maximum absolute atomic E-state index is 13.5. The van der Waals surface area contributed by atoms with Gasteiger partial charge in [-0.05, 0) is 54.1 Å². The first-order chi connectivity index (χ1) is 16.7. The van der Waals surface area contributed by atoms with E-state index in [2.05, 4.69) is 0 Å². The number of rotatable bonds is 10. The molecule has 1 aliphatic heterocycles. The number of benzene rings is 2. The van der Waals surface area contributed by atoms with Crippen LogP contribution in [0.2, 0.25) is 0 Å². The SMILES string of the molecule is O=C(CN(C(=O)CSc1ccccc1)C1CC1)N(Cc1ccc2c(c1)OCO2)Cc1cccs1. The third-order valence-electron chi connectivity index (χ3n) is 5.81. The Balaban J connectivity index is 1.27. The Kier molecular flexibility index (Phi) is 7.06. The molecule has 0 spiro atoms. The quantitative estimate of drug-likeness (QED) is 0.380. The van der Waals surface area contributed by atoms with Crippen LogP contribution in [0, 0.1) is 0 Å². The van der Waals surface area contributed by atoms with Crippen molar-refractivity contribution in [3.05, 3.63) is 76.5 Å². The summed E-state index contributed by atoms with van der Waals surface area (Å²) in [5, 5.41) is 2.01. The molecule has 6 nitrogen and oxygen atoms in total. The molecule has 3 aromatic rings. The van der Waals surface area contributed by atoms with Gasteiger partial charge in [-0.2, -0.15) is 0 Å². The fraction of sp³-hybridized carbons (Fsp3) is 0.308. The van der Waals surface area contributed by atoms with Crippen LogP contribution < -0.4 is 9.47 Å². The molecule has 1 aromatic heterocycles. The van der Waals surface area contributed by atoms with E-state index in [0.717, 1.165) is 33.9 Å². The molecule has 0 atom stereocenters. The highest BCUT2D eigenvalue weighted by Crippen LogP contribution is 2.33. The van der Waals surface area contributed by atoms with Crippen LogP contribution in [0.15, 0.2) is 70.9 Å². The Hall–Kier alpha value is -2.97. The number of carbonyl (C=O) groups excluding carboxylic acids is 2. The third kappa shape index (κ3) is 5.74. The molecule has 2 aliphatic rings. The van der Waals surface area contributed by atoms with E-state index < -0.39 is 0 Å². The predicted octanol–water partition coefficient (Wildman–Crippen LogP) is 4.79. The van der Waals surface area contributed by atoms with Gasteiger partial charge in [-0.15, -0.1) is 23.1 Å². The fourth-order valence-corrected chi connectivity index (χ4v) is 5.41. The van der Waals surface area contributed by atoms with Crippen molar-refractivity contribution in [2.24, 2.45) is 0 Å². The molecule has 176 valence electrons. The Bertz CT molecular complexity index is 1130. The number of hydrogen-bond acceptors (Lipinski definition) is 6. The molecule has 0 bridgehead atoms. The summed E-state index contributed by atoms with van der Waals surface area (Å²) in [5.41, 5.74) is 0.970. The summed E-state index contributed by atoms with van der Waals surface area (Å²) >= 11 is 3.14. The van der Waals surface area contributed by atoms with Gasteiger partial charge in [0.25, 0.3) is 0 Å². The summed E-state index contributed by atoms with van der Waals surface area (Å²) in [5.74, 6) is 1.73. The standard InChI is InChI=1S/C26H26N2O4S2/c29-25(16-28(20-9-10-20)26(30)17-34-21-5-2-1-3-6-21)27(15-22-7-4-12-33-22)14-19-8-11-23-24(13-19)32-18-31-23/h1-8,11-13,20H,9-10,14-18H2. The number of amides is 2. The van der Waals surface area contributed by atoms with Crippen molar-refractivity contribution in [2.45, 2.75) is 36.9 Å². The van der Waals surface area contributed by atoms with Crippen LogP contribution >= 0.6 is 23.1 Å². The maximum atomic E-state index is 13.5. The molecule has 8 heteroatoms. The minimum Gasteiger partial charge on any atom is -0.454 e. The zero-order valence-corrected chi connectivity index (χ0v) is 20.4. The second kappa shape index (κ2) is 10.5. The molecule has 2 aromatic carbocycles. The molecule has 5 rings (SSSR count). The van der Waals surface area contributed by atoms with E-state index >= 15 is 0 Å². The number of thiophene rings is 1. The topological polar surface area (TPSA) is 59.1 Å². The Morgan fingerprint density at radius 3 is 2.53 bits per heavy atom. The van der Waals surface area contributed by atoms with E-state index in [-0.39, 0.29) is 31.2 Å². The van der Waals surface area contributed by atoms with Gasteiger partial charge in [0.1, 0.15) is 6.54 Å². The highest BCUT2D eigenvalue weighted by Gasteiger charge is 2.34. The van der Waals surface area contributed by atoms with Gasteiger partial charge in [-0.25, -0.2) is 0 Å². The molecule has 0 unspecified atom stereocenters. The van der Waals surface area contributed by atoms with Crippen molar-refractivity contribution < 1.29 is 19.1 Å². The van der Waals surface area contributed by atoms with Crippen LogP contribution in [0.25, 0.3) is 0 Å². The highest BCUT2D eigenvalue weighted by atomic mass is 32.2. The molecule has 0 N–H and O–H groups in total. The molecule has 1 aliphatic carbocycles. The Labute approximate surface area is 207 Å². The first-order valence-corrected chi connectivity index (χ1v) is 13.2. The lowest BCUT2D eigenvalue weighted by Crippen LogP contribution is -2.44. The average molecular weight is 495 g/mol. The number of nitrogens with zero attached hydrogens (tertiary/aromatic N) is 2. The van der Waals surface area contributed by atoms with Gasteiger partial charge in [0.05, 0.1) is 12.3 Å². The second-order valence-electron chi connectivity index (χ2n) is 8.37. The first-order valence-electron chi connectivity index (χ1n) is 11.3. The van der Waals surface area contributed by atoms with E-state index in [4.69, 9.17) is 9.47 Å². The maximum Gasteiger partial charge on any atom is 0.242 e. The van der Waals surface area contributed by atoms with Crippen LogP contribution in [0.5, 0.6) is 11.5 Å². The summed E-state index contributed by atoms with van der Waals surface area (Å²) < 4.78 is 10.9. The summed E-state index contributed by atoms with van der Waals surface area (Å²) in [6.45, 7) is 1.28. The lowest BCUT2D eigenvalue weighted by Gasteiger charge is -2.28. The Morgan fingerprint density at radius 1 is 0.941 bits per heavy atom. The summed E-state index contributed by atoms with van der Waals surface area (Å²) in [4.78, 5) is 32.3. The monoisotopic (exact) mass is 494 g/mol. The van der Waals surface area contributed by atoms with Crippen LogP contribution in [0.4, 0.5) is 0 Å². The molecular weight excluding hydrogens is 468 g/mol.